The van der Waals surface area contributed by atoms with Crippen molar-refractivity contribution in [3.63, 3.8) is 0 Å². The predicted molar refractivity (Wildman–Crippen MR) is 169 cm³/mol. The summed E-state index contributed by atoms with van der Waals surface area (Å²) in [4.78, 5) is 40.4. The van der Waals surface area contributed by atoms with Gasteiger partial charge >= 0.3 is 0 Å². The number of hydrogen-bond acceptors (Lipinski definition) is 5. The van der Waals surface area contributed by atoms with Gasteiger partial charge in [0.15, 0.2) is 0 Å². The van der Waals surface area contributed by atoms with Crippen LogP contribution in [0.3, 0.4) is 0 Å². The first kappa shape index (κ1) is 31.3. The number of halogens is 1. The Bertz CT molecular complexity index is 1200. The molecule has 4 rings (SSSR count). The molecular weight excluding hydrogens is 631 g/mol. The highest BCUT2D eigenvalue weighted by molar-refractivity contribution is 14.1. The van der Waals surface area contributed by atoms with Crippen LogP contribution in [0, 0.1) is 15.4 Å². The molecule has 1 unspecified atom stereocenters. The molecule has 1 fully saturated rings. The van der Waals surface area contributed by atoms with Gasteiger partial charge in [-0.15, -0.1) is 0 Å². The van der Waals surface area contributed by atoms with Crippen molar-refractivity contribution in [3.8, 4) is 5.75 Å². The molecule has 0 saturated heterocycles. The van der Waals surface area contributed by atoms with E-state index in [9.17, 15) is 14.4 Å². The molecule has 2 aromatic rings. The second kappa shape index (κ2) is 15.0. The van der Waals surface area contributed by atoms with Gasteiger partial charge in [0, 0.05) is 16.7 Å². The highest BCUT2D eigenvalue weighted by atomic mass is 127. The maximum absolute atomic E-state index is 13.7. The number of amides is 3. The minimum absolute atomic E-state index is 0.159. The molecule has 4 N–H and O–H groups in total. The first-order valence-electron chi connectivity index (χ1n) is 14.8. The van der Waals surface area contributed by atoms with Gasteiger partial charge < -0.3 is 26.0 Å². The fourth-order valence-electron chi connectivity index (χ4n) is 5.23. The SMILES string of the molecule is CC1CCNC(=O)[C@H](CC2CC2)NC(=O)[C@@H](C(C)C)NC(=O)[C@@H](Cc2cccc(I)c2)NCCOc2ccccc21. The van der Waals surface area contributed by atoms with Crippen molar-refractivity contribution in [3.05, 3.63) is 63.2 Å². The van der Waals surface area contributed by atoms with Gasteiger partial charge in [-0.1, -0.05) is 63.9 Å². The molecule has 0 spiro atoms. The second-order valence-electron chi connectivity index (χ2n) is 11.7. The minimum Gasteiger partial charge on any atom is -0.492 e. The molecule has 3 amide bonds. The van der Waals surface area contributed by atoms with E-state index in [0.29, 0.717) is 38.5 Å². The Balaban J connectivity index is 1.58. The van der Waals surface area contributed by atoms with Crippen LogP contribution < -0.4 is 26.0 Å². The topological polar surface area (TPSA) is 109 Å². The Labute approximate surface area is 257 Å². The van der Waals surface area contributed by atoms with Crippen LogP contribution in [0.15, 0.2) is 48.5 Å². The average Bonchev–Trinajstić information content (AvgIpc) is 3.76. The zero-order valence-electron chi connectivity index (χ0n) is 24.3. The Kier molecular flexibility index (Phi) is 11.4. The number of nitrogens with one attached hydrogen (secondary N) is 4. The number of rotatable bonds is 5. The zero-order chi connectivity index (χ0) is 29.4. The first-order valence-corrected chi connectivity index (χ1v) is 15.9. The summed E-state index contributed by atoms with van der Waals surface area (Å²) in [6, 6.07) is 14.1. The molecule has 1 heterocycles. The molecule has 8 nitrogen and oxygen atoms in total. The van der Waals surface area contributed by atoms with E-state index in [0.717, 1.165) is 39.7 Å². The van der Waals surface area contributed by atoms with Crippen LogP contribution in [-0.4, -0.2) is 55.5 Å². The summed E-state index contributed by atoms with van der Waals surface area (Å²) in [5.74, 6) is 0.514. The lowest BCUT2D eigenvalue weighted by Crippen LogP contribution is -2.58. The van der Waals surface area contributed by atoms with Crippen molar-refractivity contribution >= 4 is 40.3 Å². The van der Waals surface area contributed by atoms with Gasteiger partial charge in [0.05, 0.1) is 6.04 Å². The summed E-state index contributed by atoms with van der Waals surface area (Å²) in [6.07, 6.45) is 3.97. The molecule has 41 heavy (non-hydrogen) atoms. The number of ether oxygens (including phenoxy) is 1. The van der Waals surface area contributed by atoms with Gasteiger partial charge in [0.1, 0.15) is 24.4 Å². The summed E-state index contributed by atoms with van der Waals surface area (Å²) in [6.45, 7) is 7.28. The van der Waals surface area contributed by atoms with E-state index in [-0.39, 0.29) is 29.6 Å². The van der Waals surface area contributed by atoms with Crippen LogP contribution in [0.2, 0.25) is 0 Å². The smallest absolute Gasteiger partial charge is 0.243 e. The lowest BCUT2D eigenvalue weighted by atomic mass is 9.96. The van der Waals surface area contributed by atoms with Crippen molar-refractivity contribution in [1.82, 2.24) is 21.3 Å². The Morgan fingerprint density at radius 2 is 1.68 bits per heavy atom. The van der Waals surface area contributed by atoms with Crippen LogP contribution in [0.5, 0.6) is 5.75 Å². The largest absolute Gasteiger partial charge is 0.492 e. The van der Waals surface area contributed by atoms with Gasteiger partial charge in [-0.05, 0) is 88.9 Å². The fourth-order valence-corrected chi connectivity index (χ4v) is 5.84. The van der Waals surface area contributed by atoms with Gasteiger partial charge in [0.25, 0.3) is 0 Å². The number of hydrogen-bond donors (Lipinski definition) is 4. The van der Waals surface area contributed by atoms with Crippen LogP contribution in [-0.2, 0) is 20.8 Å². The van der Waals surface area contributed by atoms with Crippen LogP contribution in [0.25, 0.3) is 0 Å². The molecule has 2 aromatic carbocycles. The Morgan fingerprint density at radius 3 is 2.41 bits per heavy atom. The highest BCUT2D eigenvalue weighted by Gasteiger charge is 2.34. The van der Waals surface area contributed by atoms with Crippen molar-refractivity contribution in [2.75, 3.05) is 19.7 Å². The van der Waals surface area contributed by atoms with Crippen LogP contribution in [0.4, 0.5) is 0 Å². The molecule has 2 aliphatic rings. The normalized spacial score (nSPS) is 25.1. The lowest BCUT2D eigenvalue weighted by Gasteiger charge is -2.28. The van der Waals surface area contributed by atoms with Crippen molar-refractivity contribution in [2.24, 2.45) is 11.8 Å². The highest BCUT2D eigenvalue weighted by Crippen LogP contribution is 2.34. The molecule has 0 aromatic heterocycles. The first-order chi connectivity index (χ1) is 19.7. The number of carbonyl (C=O) groups excluding carboxylic acids is 3. The number of benzene rings is 2. The molecule has 0 radical (unpaired) electrons. The van der Waals surface area contributed by atoms with E-state index >= 15 is 0 Å². The van der Waals surface area contributed by atoms with Crippen LogP contribution >= 0.6 is 22.6 Å². The summed E-state index contributed by atoms with van der Waals surface area (Å²) in [5.41, 5.74) is 2.11. The third-order valence-corrected chi connectivity index (χ3v) is 8.54. The maximum atomic E-state index is 13.7. The van der Waals surface area contributed by atoms with Gasteiger partial charge in [-0.2, -0.15) is 0 Å². The monoisotopic (exact) mass is 674 g/mol. The van der Waals surface area contributed by atoms with E-state index in [4.69, 9.17) is 4.74 Å². The average molecular weight is 675 g/mol. The van der Waals surface area contributed by atoms with Crippen molar-refractivity contribution < 1.29 is 19.1 Å². The molecule has 222 valence electrons. The Morgan fingerprint density at radius 1 is 0.902 bits per heavy atom. The number of fused-ring (bicyclic) bond motifs is 1. The fraction of sp³-hybridized carbons (Fsp3) is 0.531. The number of carbonyl (C=O) groups is 3. The minimum atomic E-state index is -0.765. The van der Waals surface area contributed by atoms with E-state index in [1.54, 1.807) is 0 Å². The quantitative estimate of drug-likeness (QED) is 0.360. The lowest BCUT2D eigenvalue weighted by molar-refractivity contribution is -0.133. The molecule has 4 atom stereocenters. The molecule has 1 aliphatic carbocycles. The summed E-state index contributed by atoms with van der Waals surface area (Å²) in [5, 5.41) is 12.4. The van der Waals surface area contributed by atoms with Crippen molar-refractivity contribution in [1.29, 1.82) is 0 Å². The van der Waals surface area contributed by atoms with Gasteiger partial charge in [0.2, 0.25) is 17.7 Å². The predicted octanol–water partition coefficient (Wildman–Crippen LogP) is 3.92. The van der Waals surface area contributed by atoms with Crippen molar-refractivity contribution in [2.45, 2.75) is 76.9 Å². The molecule has 0 bridgehead atoms. The summed E-state index contributed by atoms with van der Waals surface area (Å²) < 4.78 is 7.27. The molecule has 9 heteroatoms. The maximum Gasteiger partial charge on any atom is 0.243 e. The van der Waals surface area contributed by atoms with Crippen LogP contribution in [0.1, 0.15) is 63.5 Å². The van der Waals surface area contributed by atoms with E-state index in [1.807, 2.05) is 50.2 Å². The summed E-state index contributed by atoms with van der Waals surface area (Å²) in [7, 11) is 0. The van der Waals surface area contributed by atoms with E-state index in [2.05, 4.69) is 62.9 Å². The number of para-hydroxylation sites is 1. The van der Waals surface area contributed by atoms with Gasteiger partial charge in [-0.25, -0.2) is 0 Å². The third-order valence-electron chi connectivity index (χ3n) is 7.87. The molecule has 1 aliphatic heterocycles. The van der Waals surface area contributed by atoms with E-state index in [1.165, 1.54) is 0 Å². The molecule has 1 saturated carbocycles. The molecular formula is C32H43IN4O4. The van der Waals surface area contributed by atoms with E-state index < -0.39 is 18.1 Å². The zero-order valence-corrected chi connectivity index (χ0v) is 26.4. The van der Waals surface area contributed by atoms with Gasteiger partial charge in [-0.3, -0.25) is 14.4 Å². The Hall–Kier alpha value is -2.66. The standard InChI is InChI=1S/C32H43IN4O4/c1-20(2)29-32(40)36-27(18-22-11-12-22)30(38)35-14-13-21(3)25-9-4-5-10-28(25)41-16-15-34-26(31(39)37-29)19-23-7-6-8-24(33)17-23/h4-10,17,20-22,26-27,29,34H,11-16,18-19H2,1-3H3,(H,35,38)(H,36,40)(H,37,39)/t21?,26-,27+,29-/m1/s1. The second-order valence-corrected chi connectivity index (χ2v) is 12.9. The summed E-state index contributed by atoms with van der Waals surface area (Å²) >= 11 is 2.27. The third kappa shape index (κ3) is 9.43.